The molecule has 1 atom stereocenters. The molecule has 0 radical (unpaired) electrons. The number of amides is 2. The van der Waals surface area contributed by atoms with Gasteiger partial charge in [-0.1, -0.05) is 18.2 Å². The van der Waals surface area contributed by atoms with Crippen molar-refractivity contribution in [2.24, 2.45) is 0 Å². The van der Waals surface area contributed by atoms with Crippen LogP contribution in [0.25, 0.3) is 0 Å². The highest BCUT2D eigenvalue weighted by Crippen LogP contribution is 2.28. The molecule has 1 N–H and O–H groups in total. The van der Waals surface area contributed by atoms with E-state index < -0.39 is 6.04 Å². The van der Waals surface area contributed by atoms with Gasteiger partial charge in [0.15, 0.2) is 0 Å². The molecule has 1 aliphatic heterocycles. The predicted molar refractivity (Wildman–Crippen MR) is 79.6 cm³/mol. The van der Waals surface area contributed by atoms with Gasteiger partial charge in [-0.05, 0) is 45.2 Å². The number of rotatable bonds is 3. The van der Waals surface area contributed by atoms with E-state index in [4.69, 9.17) is 0 Å². The average Bonchev–Trinajstić information content (AvgIpc) is 2.55. The second kappa shape index (κ2) is 6.07. The first-order chi connectivity index (χ1) is 9.50. The highest BCUT2D eigenvalue weighted by atomic mass is 16.2. The van der Waals surface area contributed by atoms with E-state index in [1.54, 1.807) is 11.8 Å². The van der Waals surface area contributed by atoms with Crippen molar-refractivity contribution in [1.82, 2.24) is 5.32 Å². The van der Waals surface area contributed by atoms with Crippen LogP contribution in [0.5, 0.6) is 0 Å². The van der Waals surface area contributed by atoms with Crippen LogP contribution in [0, 0.1) is 0 Å². The predicted octanol–water partition coefficient (Wildman–Crippen LogP) is 2.27. The summed E-state index contributed by atoms with van der Waals surface area (Å²) in [6.45, 7) is 5.63. The maximum Gasteiger partial charge on any atom is 0.243 e. The number of benzene rings is 1. The van der Waals surface area contributed by atoms with Crippen LogP contribution in [-0.2, 0) is 16.0 Å². The number of nitrogens with one attached hydrogen (secondary N) is 1. The molecular formula is C16H22N2O2. The summed E-state index contributed by atoms with van der Waals surface area (Å²) in [6.07, 6.45) is 2.22. The second-order valence-electron chi connectivity index (χ2n) is 5.59. The highest BCUT2D eigenvalue weighted by Gasteiger charge is 2.30. The Balaban J connectivity index is 2.32. The van der Waals surface area contributed by atoms with E-state index in [2.05, 4.69) is 5.32 Å². The molecule has 0 aromatic heterocycles. The van der Waals surface area contributed by atoms with Crippen molar-refractivity contribution in [3.63, 3.8) is 0 Å². The van der Waals surface area contributed by atoms with Gasteiger partial charge in [0.05, 0.1) is 0 Å². The lowest BCUT2D eigenvalue weighted by Gasteiger charge is -2.29. The van der Waals surface area contributed by atoms with Crippen molar-refractivity contribution in [2.75, 3.05) is 4.90 Å². The van der Waals surface area contributed by atoms with Gasteiger partial charge in [-0.25, -0.2) is 0 Å². The number of anilines is 1. The van der Waals surface area contributed by atoms with E-state index in [0.717, 1.165) is 24.1 Å². The molecule has 0 saturated carbocycles. The zero-order chi connectivity index (χ0) is 14.7. The second-order valence-corrected chi connectivity index (χ2v) is 5.59. The normalized spacial score (nSPS) is 16.6. The van der Waals surface area contributed by atoms with E-state index in [-0.39, 0.29) is 17.9 Å². The van der Waals surface area contributed by atoms with Gasteiger partial charge in [-0.15, -0.1) is 0 Å². The van der Waals surface area contributed by atoms with E-state index in [1.807, 2.05) is 38.1 Å². The van der Waals surface area contributed by atoms with Crippen LogP contribution >= 0.6 is 0 Å². The molecule has 2 rings (SSSR count). The van der Waals surface area contributed by atoms with Gasteiger partial charge in [0.25, 0.3) is 0 Å². The lowest BCUT2D eigenvalue weighted by Crippen LogP contribution is -2.49. The van der Waals surface area contributed by atoms with Crippen molar-refractivity contribution in [3.8, 4) is 0 Å². The monoisotopic (exact) mass is 274 g/mol. The van der Waals surface area contributed by atoms with Crippen LogP contribution in [0.15, 0.2) is 24.3 Å². The summed E-state index contributed by atoms with van der Waals surface area (Å²) in [6, 6.07) is 7.45. The number of carbonyl (C=O) groups is 2. The van der Waals surface area contributed by atoms with E-state index in [1.165, 1.54) is 0 Å². The lowest BCUT2D eigenvalue weighted by atomic mass is 10.1. The Labute approximate surface area is 120 Å². The molecule has 0 spiro atoms. The minimum atomic E-state index is -0.482. The summed E-state index contributed by atoms with van der Waals surface area (Å²) < 4.78 is 0. The quantitative estimate of drug-likeness (QED) is 0.919. The van der Waals surface area contributed by atoms with Crippen molar-refractivity contribution in [1.29, 1.82) is 0 Å². The largest absolute Gasteiger partial charge is 0.352 e. The van der Waals surface area contributed by atoms with Gasteiger partial charge >= 0.3 is 0 Å². The van der Waals surface area contributed by atoms with Crippen LogP contribution in [0.2, 0.25) is 0 Å². The SMILES string of the molecule is CC(C)NC(=O)C(C)N1C(=O)CCCc2ccccc21. The van der Waals surface area contributed by atoms with Gasteiger partial charge in [0.2, 0.25) is 11.8 Å². The first kappa shape index (κ1) is 14.6. The Hall–Kier alpha value is -1.84. The Morgan fingerprint density at radius 3 is 2.60 bits per heavy atom. The summed E-state index contributed by atoms with van der Waals surface area (Å²) in [4.78, 5) is 26.2. The maximum absolute atomic E-state index is 12.4. The van der Waals surface area contributed by atoms with Crippen LogP contribution in [0.3, 0.4) is 0 Å². The van der Waals surface area contributed by atoms with E-state index in [9.17, 15) is 9.59 Å². The van der Waals surface area contributed by atoms with Crippen LogP contribution in [0.4, 0.5) is 5.69 Å². The zero-order valence-electron chi connectivity index (χ0n) is 12.3. The molecule has 1 aliphatic rings. The summed E-state index contributed by atoms with van der Waals surface area (Å²) in [7, 11) is 0. The van der Waals surface area contributed by atoms with Gasteiger partial charge in [0, 0.05) is 18.2 Å². The summed E-state index contributed by atoms with van der Waals surface area (Å²) in [5.41, 5.74) is 2.02. The van der Waals surface area contributed by atoms with Crippen molar-refractivity contribution in [2.45, 2.75) is 52.1 Å². The van der Waals surface area contributed by atoms with Crippen LogP contribution < -0.4 is 10.2 Å². The molecular weight excluding hydrogens is 252 g/mol. The fourth-order valence-corrected chi connectivity index (χ4v) is 2.59. The Morgan fingerprint density at radius 2 is 1.90 bits per heavy atom. The molecule has 108 valence electrons. The fraction of sp³-hybridized carbons (Fsp3) is 0.500. The minimum Gasteiger partial charge on any atom is -0.352 e. The number of fused-ring (bicyclic) bond motifs is 1. The van der Waals surface area contributed by atoms with Crippen molar-refractivity contribution < 1.29 is 9.59 Å². The third kappa shape index (κ3) is 3.00. The van der Waals surface area contributed by atoms with Crippen molar-refractivity contribution in [3.05, 3.63) is 29.8 Å². The molecule has 1 aromatic rings. The molecule has 0 aliphatic carbocycles. The number of aryl methyl sites for hydroxylation is 1. The van der Waals surface area contributed by atoms with Crippen LogP contribution in [-0.4, -0.2) is 23.9 Å². The molecule has 0 bridgehead atoms. The molecule has 1 aromatic carbocycles. The number of nitrogens with zero attached hydrogens (tertiary/aromatic N) is 1. The lowest BCUT2D eigenvalue weighted by molar-refractivity contribution is -0.126. The standard InChI is InChI=1S/C16H22N2O2/c1-11(2)17-16(20)12(3)18-14-9-5-4-7-13(14)8-6-10-15(18)19/h4-5,7,9,11-12H,6,8,10H2,1-3H3,(H,17,20). The molecule has 0 saturated heterocycles. The smallest absolute Gasteiger partial charge is 0.243 e. The van der Waals surface area contributed by atoms with Gasteiger partial charge in [-0.3, -0.25) is 14.5 Å². The Bertz CT molecular complexity index is 511. The summed E-state index contributed by atoms with van der Waals surface area (Å²) in [5, 5.41) is 2.88. The van der Waals surface area contributed by atoms with Gasteiger partial charge in [0.1, 0.15) is 6.04 Å². The third-order valence-corrected chi connectivity index (χ3v) is 3.55. The van der Waals surface area contributed by atoms with Crippen LogP contribution in [0.1, 0.15) is 39.2 Å². The van der Waals surface area contributed by atoms with Crippen molar-refractivity contribution >= 4 is 17.5 Å². The molecule has 4 heteroatoms. The van der Waals surface area contributed by atoms with E-state index >= 15 is 0 Å². The fourth-order valence-electron chi connectivity index (χ4n) is 2.59. The summed E-state index contributed by atoms with van der Waals surface area (Å²) in [5.74, 6) is -0.0774. The van der Waals surface area contributed by atoms with Gasteiger partial charge < -0.3 is 5.32 Å². The topological polar surface area (TPSA) is 49.4 Å². The molecule has 4 nitrogen and oxygen atoms in total. The highest BCUT2D eigenvalue weighted by molar-refractivity contribution is 6.01. The Kier molecular flexibility index (Phi) is 4.42. The Morgan fingerprint density at radius 1 is 1.20 bits per heavy atom. The molecule has 0 fully saturated rings. The first-order valence-corrected chi connectivity index (χ1v) is 7.21. The summed E-state index contributed by atoms with van der Waals surface area (Å²) >= 11 is 0. The number of hydrogen-bond donors (Lipinski definition) is 1. The number of hydrogen-bond acceptors (Lipinski definition) is 2. The molecule has 1 heterocycles. The molecule has 2 amide bonds. The first-order valence-electron chi connectivity index (χ1n) is 7.21. The van der Waals surface area contributed by atoms with Gasteiger partial charge in [-0.2, -0.15) is 0 Å². The zero-order valence-corrected chi connectivity index (χ0v) is 12.3. The number of carbonyl (C=O) groups excluding carboxylic acids is 2. The maximum atomic E-state index is 12.4. The number of para-hydroxylation sites is 1. The molecule has 20 heavy (non-hydrogen) atoms. The third-order valence-electron chi connectivity index (χ3n) is 3.55. The van der Waals surface area contributed by atoms with E-state index in [0.29, 0.717) is 6.42 Å². The molecule has 1 unspecified atom stereocenters. The average molecular weight is 274 g/mol. The minimum absolute atomic E-state index is 0.0290.